The third-order valence-corrected chi connectivity index (χ3v) is 5.80. The summed E-state index contributed by atoms with van der Waals surface area (Å²) < 4.78 is 25.0. The zero-order valence-electron chi connectivity index (χ0n) is 18.6. The van der Waals surface area contributed by atoms with Gasteiger partial charge >= 0.3 is 0 Å². The van der Waals surface area contributed by atoms with Gasteiger partial charge in [0.25, 0.3) is 0 Å². The summed E-state index contributed by atoms with van der Waals surface area (Å²) in [6.45, 7) is 3.22. The third-order valence-electron chi connectivity index (χ3n) is 5.51. The third kappa shape index (κ3) is 5.35. The van der Waals surface area contributed by atoms with Crippen molar-refractivity contribution in [3.05, 3.63) is 47.5 Å². The Morgan fingerprint density at radius 1 is 1.21 bits per heavy atom. The molecule has 0 bridgehead atoms. The van der Waals surface area contributed by atoms with Crippen LogP contribution in [0.2, 0.25) is 5.02 Å². The first-order valence-corrected chi connectivity index (χ1v) is 11.1. The number of anilines is 2. The van der Waals surface area contributed by atoms with Gasteiger partial charge in [-0.3, -0.25) is 15.7 Å². The summed E-state index contributed by atoms with van der Waals surface area (Å²) in [4.78, 5) is 12.5. The van der Waals surface area contributed by atoms with Gasteiger partial charge in [0.15, 0.2) is 11.5 Å². The van der Waals surface area contributed by atoms with E-state index in [0.29, 0.717) is 54.1 Å². The molecule has 2 aromatic carbocycles. The fraction of sp³-hybridized carbons (Fsp3) is 0.304. The molecule has 0 atom stereocenters. The van der Waals surface area contributed by atoms with E-state index in [1.807, 2.05) is 6.07 Å². The summed E-state index contributed by atoms with van der Waals surface area (Å²) in [5.74, 6) is 1.59. The Bertz CT molecular complexity index is 1210. The van der Waals surface area contributed by atoms with Gasteiger partial charge in [-0.2, -0.15) is 0 Å². The molecule has 0 aliphatic carbocycles. The second kappa shape index (κ2) is 10.6. The molecule has 1 saturated heterocycles. The van der Waals surface area contributed by atoms with Crippen molar-refractivity contribution < 1.29 is 13.9 Å². The van der Waals surface area contributed by atoms with Gasteiger partial charge in [0.2, 0.25) is 0 Å². The van der Waals surface area contributed by atoms with Crippen molar-refractivity contribution in [3.63, 3.8) is 0 Å². The molecule has 2 heterocycles. The Morgan fingerprint density at radius 3 is 2.79 bits per heavy atom. The van der Waals surface area contributed by atoms with E-state index in [0.717, 1.165) is 24.9 Å². The molecule has 1 fully saturated rings. The summed E-state index contributed by atoms with van der Waals surface area (Å²) in [6.07, 6.45) is 3.40. The molecule has 1 aromatic heterocycles. The van der Waals surface area contributed by atoms with Crippen LogP contribution in [-0.4, -0.2) is 71.8 Å². The molecule has 0 radical (unpaired) electrons. The summed E-state index contributed by atoms with van der Waals surface area (Å²) in [5, 5.41) is 19.2. The summed E-state index contributed by atoms with van der Waals surface area (Å²) in [5.41, 5.74) is 1.26. The summed E-state index contributed by atoms with van der Waals surface area (Å²) in [6, 6.07) is 7.97. The first-order valence-electron chi connectivity index (χ1n) is 10.7. The lowest BCUT2D eigenvalue weighted by molar-refractivity contribution is 0.226. The zero-order valence-corrected chi connectivity index (χ0v) is 19.4. The van der Waals surface area contributed by atoms with E-state index in [1.54, 1.807) is 24.1 Å². The number of piperazine rings is 1. The Labute approximate surface area is 201 Å². The quantitative estimate of drug-likeness (QED) is 0.237. The van der Waals surface area contributed by atoms with E-state index >= 15 is 0 Å². The second-order valence-corrected chi connectivity index (χ2v) is 8.15. The molecule has 4 rings (SSSR count). The van der Waals surface area contributed by atoms with Gasteiger partial charge in [0.05, 0.1) is 37.1 Å². The average Bonchev–Trinajstić information content (AvgIpc) is 2.84. The van der Waals surface area contributed by atoms with Gasteiger partial charge in [0, 0.05) is 36.8 Å². The van der Waals surface area contributed by atoms with Crippen molar-refractivity contribution in [1.82, 2.24) is 19.8 Å². The van der Waals surface area contributed by atoms with Gasteiger partial charge in [0.1, 0.15) is 23.8 Å². The SMILES string of the molecule is COc1cc2ncnc(Nc3ccc(F)c(Cl)c3)c2cc1OCCCN1CCN(C=N)C(=N)C1. The molecular weight excluding hydrogens is 461 g/mol. The van der Waals surface area contributed by atoms with E-state index in [9.17, 15) is 4.39 Å². The molecule has 34 heavy (non-hydrogen) atoms. The maximum Gasteiger partial charge on any atom is 0.162 e. The fourth-order valence-electron chi connectivity index (χ4n) is 3.72. The number of amidine groups is 1. The summed E-state index contributed by atoms with van der Waals surface area (Å²) in [7, 11) is 1.57. The highest BCUT2D eigenvalue weighted by molar-refractivity contribution is 6.31. The molecule has 1 aliphatic rings. The van der Waals surface area contributed by atoms with Gasteiger partial charge < -0.3 is 19.7 Å². The standard InChI is InChI=1S/C23H25ClFN7O2/c1-33-20-11-19-16(23(29-14-28-19)30-15-3-4-18(25)17(24)9-15)10-21(20)34-8-2-5-31-6-7-32(13-26)22(27)12-31/h3-4,9-11,13-14,26-27H,2,5-8,12H2,1H3,(H,28,29,30). The smallest absolute Gasteiger partial charge is 0.162 e. The number of halogens is 2. The Morgan fingerprint density at radius 2 is 2.06 bits per heavy atom. The Kier molecular flexibility index (Phi) is 7.39. The van der Waals surface area contributed by atoms with E-state index in [-0.39, 0.29) is 5.02 Å². The largest absolute Gasteiger partial charge is 0.493 e. The van der Waals surface area contributed by atoms with Crippen molar-refractivity contribution in [2.75, 3.05) is 45.2 Å². The van der Waals surface area contributed by atoms with E-state index in [1.165, 1.54) is 24.8 Å². The number of benzene rings is 2. The highest BCUT2D eigenvalue weighted by Crippen LogP contribution is 2.35. The van der Waals surface area contributed by atoms with Crippen molar-refractivity contribution >= 4 is 46.2 Å². The number of aromatic nitrogens is 2. The molecule has 0 unspecified atom stereocenters. The van der Waals surface area contributed by atoms with Crippen LogP contribution in [0.3, 0.4) is 0 Å². The Hall–Kier alpha value is -3.50. The van der Waals surface area contributed by atoms with Gasteiger partial charge in [-0.25, -0.2) is 14.4 Å². The lowest BCUT2D eigenvalue weighted by atomic mass is 10.2. The van der Waals surface area contributed by atoms with Crippen LogP contribution in [0, 0.1) is 16.6 Å². The molecule has 1 aliphatic heterocycles. The Balaban J connectivity index is 1.45. The maximum absolute atomic E-state index is 13.5. The van der Waals surface area contributed by atoms with Crippen LogP contribution >= 0.6 is 11.6 Å². The number of nitrogens with zero attached hydrogens (tertiary/aromatic N) is 4. The minimum Gasteiger partial charge on any atom is -0.493 e. The maximum atomic E-state index is 13.5. The van der Waals surface area contributed by atoms with Crippen LogP contribution in [-0.2, 0) is 0 Å². The number of hydrogen-bond acceptors (Lipinski definition) is 8. The first-order chi connectivity index (χ1) is 16.5. The molecule has 178 valence electrons. The van der Waals surface area contributed by atoms with Crippen LogP contribution < -0.4 is 14.8 Å². The fourth-order valence-corrected chi connectivity index (χ4v) is 3.90. The highest BCUT2D eigenvalue weighted by atomic mass is 35.5. The van der Waals surface area contributed by atoms with Crippen LogP contribution in [0.25, 0.3) is 10.9 Å². The first kappa shape index (κ1) is 23.7. The van der Waals surface area contributed by atoms with Gasteiger partial charge in [-0.05, 0) is 30.7 Å². The van der Waals surface area contributed by atoms with Crippen LogP contribution in [0.1, 0.15) is 6.42 Å². The molecule has 0 saturated carbocycles. The number of ether oxygens (including phenoxy) is 2. The molecule has 0 amide bonds. The second-order valence-electron chi connectivity index (χ2n) is 7.74. The predicted molar refractivity (Wildman–Crippen MR) is 131 cm³/mol. The molecular formula is C23H25ClFN7O2. The van der Waals surface area contributed by atoms with Crippen molar-refractivity contribution in [2.24, 2.45) is 0 Å². The number of rotatable bonds is 9. The monoisotopic (exact) mass is 485 g/mol. The number of nitrogens with one attached hydrogen (secondary N) is 3. The van der Waals surface area contributed by atoms with Gasteiger partial charge in [-0.1, -0.05) is 11.6 Å². The number of hydrogen-bond donors (Lipinski definition) is 3. The zero-order chi connectivity index (χ0) is 24.1. The lowest BCUT2D eigenvalue weighted by Gasteiger charge is -2.33. The molecule has 3 N–H and O–H groups in total. The van der Waals surface area contributed by atoms with Crippen LogP contribution in [0.4, 0.5) is 15.9 Å². The lowest BCUT2D eigenvalue weighted by Crippen LogP contribution is -2.49. The predicted octanol–water partition coefficient (Wildman–Crippen LogP) is 4.15. The van der Waals surface area contributed by atoms with E-state index in [4.69, 9.17) is 31.9 Å². The molecule has 3 aromatic rings. The average molecular weight is 486 g/mol. The van der Waals surface area contributed by atoms with Crippen LogP contribution in [0.5, 0.6) is 11.5 Å². The van der Waals surface area contributed by atoms with E-state index < -0.39 is 5.82 Å². The topological polar surface area (TPSA) is 110 Å². The normalized spacial score (nSPS) is 14.3. The molecule has 11 heteroatoms. The highest BCUT2D eigenvalue weighted by Gasteiger charge is 2.19. The summed E-state index contributed by atoms with van der Waals surface area (Å²) >= 11 is 5.90. The molecule has 0 spiro atoms. The van der Waals surface area contributed by atoms with Crippen LogP contribution in [0.15, 0.2) is 36.7 Å². The van der Waals surface area contributed by atoms with Crippen molar-refractivity contribution in [2.45, 2.75) is 6.42 Å². The van der Waals surface area contributed by atoms with E-state index in [2.05, 4.69) is 20.2 Å². The van der Waals surface area contributed by atoms with Gasteiger partial charge in [-0.15, -0.1) is 0 Å². The minimum absolute atomic E-state index is 0.0171. The van der Waals surface area contributed by atoms with Crippen molar-refractivity contribution in [3.8, 4) is 11.5 Å². The minimum atomic E-state index is -0.492. The number of fused-ring (bicyclic) bond motifs is 1. The molecule has 9 nitrogen and oxygen atoms in total. The van der Waals surface area contributed by atoms with Crippen molar-refractivity contribution in [1.29, 1.82) is 10.8 Å². The number of methoxy groups -OCH3 is 1.